The van der Waals surface area contributed by atoms with Crippen LogP contribution in [0.15, 0.2) is 85.1 Å². The van der Waals surface area contributed by atoms with Crippen LogP contribution < -0.4 is 5.32 Å². The molecule has 0 saturated heterocycles. The quantitative estimate of drug-likeness (QED) is 0.0244. The molecule has 6 nitrogen and oxygen atoms in total. The SMILES string of the molecule is CC/C=C\C/C=C\C/C=C\C/C=C\C/C=C\CCCCCC(=O)OC(CCCCCC/C=C/C=C/CCCCC)CC(=O)NC(CO)C(O)CCCCCCCCCCCCCCCCCCC. The molecule has 0 aliphatic rings. The number of rotatable bonds is 51. The van der Waals surface area contributed by atoms with Crippen molar-refractivity contribution in [1.82, 2.24) is 5.32 Å². The molecule has 0 saturated carbocycles. The van der Waals surface area contributed by atoms with Crippen LogP contribution in [-0.2, 0) is 14.3 Å². The number of esters is 1. The van der Waals surface area contributed by atoms with Crippen LogP contribution in [0.1, 0.15) is 271 Å². The van der Waals surface area contributed by atoms with Gasteiger partial charge >= 0.3 is 5.97 Å². The third-order valence-electron chi connectivity index (χ3n) is 12.7. The van der Waals surface area contributed by atoms with Crippen LogP contribution >= 0.6 is 0 Å². The molecule has 6 heteroatoms. The standard InChI is InChI=1S/C62H109NO5/c1-4-7-10-13-16-19-22-25-27-29-30-32-34-37-40-43-46-49-52-55-62(67)68-58(53-50-47-44-41-38-35-24-21-18-15-12-9-6-3)56-61(66)63-59(57-64)60(65)54-51-48-45-42-39-36-33-31-28-26-23-20-17-14-11-8-5-2/h7,10,16,18-19,21,24-25,27,30,32,35,37,40,58-60,64-65H,4-6,8-9,11-15,17,20,22-23,26,28-29,31,33-34,36,38-39,41-57H2,1-3H3,(H,63,66)/b10-7-,19-16-,21-18+,27-25-,32-30-,35-24+,40-37-. The number of amides is 1. The highest BCUT2D eigenvalue weighted by Crippen LogP contribution is 2.18. The van der Waals surface area contributed by atoms with E-state index in [9.17, 15) is 19.8 Å². The molecule has 0 radical (unpaired) electrons. The summed E-state index contributed by atoms with van der Waals surface area (Å²) in [5, 5.41) is 23.9. The van der Waals surface area contributed by atoms with Crippen LogP contribution in [0.2, 0.25) is 0 Å². The van der Waals surface area contributed by atoms with Crippen molar-refractivity contribution < 1.29 is 24.5 Å². The Kier molecular flexibility index (Phi) is 52.6. The fourth-order valence-electron chi connectivity index (χ4n) is 8.39. The van der Waals surface area contributed by atoms with Crippen LogP contribution in [0, 0.1) is 0 Å². The van der Waals surface area contributed by atoms with Crippen molar-refractivity contribution in [2.24, 2.45) is 0 Å². The molecule has 0 aromatic heterocycles. The highest BCUT2D eigenvalue weighted by molar-refractivity contribution is 5.77. The Bertz CT molecular complexity index is 1290. The minimum absolute atomic E-state index is 0.0471. The Hall–Kier alpha value is -2.96. The highest BCUT2D eigenvalue weighted by Gasteiger charge is 2.24. The van der Waals surface area contributed by atoms with Crippen molar-refractivity contribution in [2.75, 3.05) is 6.61 Å². The maximum atomic E-state index is 13.3. The van der Waals surface area contributed by atoms with E-state index in [-0.39, 0.29) is 24.9 Å². The van der Waals surface area contributed by atoms with Gasteiger partial charge in [-0.3, -0.25) is 9.59 Å². The first-order valence-electron chi connectivity index (χ1n) is 28.8. The van der Waals surface area contributed by atoms with E-state index < -0.39 is 18.2 Å². The molecule has 0 heterocycles. The number of nitrogens with one attached hydrogen (secondary N) is 1. The Morgan fingerprint density at radius 1 is 0.456 bits per heavy atom. The van der Waals surface area contributed by atoms with Gasteiger partial charge in [-0.2, -0.15) is 0 Å². The number of unbranched alkanes of at least 4 members (excludes halogenated alkanes) is 26. The normalized spacial score (nSPS) is 13.8. The second-order valence-electron chi connectivity index (χ2n) is 19.3. The number of aliphatic hydroxyl groups excluding tert-OH is 2. The molecule has 1 amide bonds. The topological polar surface area (TPSA) is 95.9 Å². The molecule has 0 rings (SSSR count). The predicted molar refractivity (Wildman–Crippen MR) is 296 cm³/mol. The van der Waals surface area contributed by atoms with E-state index in [2.05, 4.69) is 111 Å². The summed E-state index contributed by atoms with van der Waals surface area (Å²) in [5.41, 5.74) is 0. The van der Waals surface area contributed by atoms with E-state index in [1.165, 1.54) is 109 Å². The zero-order chi connectivity index (χ0) is 49.5. The Balaban J connectivity index is 4.60. The van der Waals surface area contributed by atoms with Crippen LogP contribution in [-0.4, -0.2) is 46.9 Å². The van der Waals surface area contributed by atoms with E-state index in [4.69, 9.17) is 4.74 Å². The number of hydrogen-bond acceptors (Lipinski definition) is 5. The summed E-state index contributed by atoms with van der Waals surface area (Å²) in [5.74, 6) is -0.531. The lowest BCUT2D eigenvalue weighted by Gasteiger charge is -2.24. The van der Waals surface area contributed by atoms with E-state index in [0.717, 1.165) is 116 Å². The van der Waals surface area contributed by atoms with Crippen molar-refractivity contribution in [3.8, 4) is 0 Å². The third-order valence-corrected chi connectivity index (χ3v) is 12.7. The molecule has 3 N–H and O–H groups in total. The zero-order valence-corrected chi connectivity index (χ0v) is 44.7. The van der Waals surface area contributed by atoms with E-state index in [1.807, 2.05) is 0 Å². The maximum Gasteiger partial charge on any atom is 0.306 e. The molecule has 0 fully saturated rings. The Labute approximate surface area is 421 Å². The average molecular weight is 949 g/mol. The first-order valence-corrected chi connectivity index (χ1v) is 28.8. The van der Waals surface area contributed by atoms with Gasteiger partial charge in [-0.15, -0.1) is 0 Å². The smallest absolute Gasteiger partial charge is 0.306 e. The van der Waals surface area contributed by atoms with Gasteiger partial charge in [0.25, 0.3) is 0 Å². The molecule has 0 aromatic rings. The van der Waals surface area contributed by atoms with Crippen LogP contribution in [0.3, 0.4) is 0 Å². The first-order chi connectivity index (χ1) is 33.5. The summed E-state index contributed by atoms with van der Waals surface area (Å²) in [6.45, 7) is 6.34. The summed E-state index contributed by atoms with van der Waals surface area (Å²) in [6, 6.07) is -0.720. The molecule has 3 atom stereocenters. The number of allylic oxidation sites excluding steroid dienone is 14. The summed E-state index contributed by atoms with van der Waals surface area (Å²) < 4.78 is 5.93. The van der Waals surface area contributed by atoms with Crippen molar-refractivity contribution in [3.63, 3.8) is 0 Å². The molecule has 0 bridgehead atoms. The van der Waals surface area contributed by atoms with Crippen LogP contribution in [0.4, 0.5) is 0 Å². The van der Waals surface area contributed by atoms with Gasteiger partial charge in [0.15, 0.2) is 0 Å². The number of carbonyl (C=O) groups is 2. The number of hydrogen-bond donors (Lipinski definition) is 3. The van der Waals surface area contributed by atoms with E-state index >= 15 is 0 Å². The first kappa shape index (κ1) is 65.0. The molecule has 68 heavy (non-hydrogen) atoms. The minimum atomic E-state index is -0.804. The van der Waals surface area contributed by atoms with Gasteiger partial charge in [0.05, 0.1) is 25.2 Å². The molecule has 3 unspecified atom stereocenters. The third kappa shape index (κ3) is 49.5. The summed E-state index contributed by atoms with van der Waals surface area (Å²) in [6.07, 6.45) is 72.2. The van der Waals surface area contributed by atoms with Crippen molar-refractivity contribution in [1.29, 1.82) is 0 Å². The Morgan fingerprint density at radius 2 is 0.838 bits per heavy atom. The molecule has 0 aliphatic carbocycles. The van der Waals surface area contributed by atoms with E-state index in [0.29, 0.717) is 19.3 Å². The van der Waals surface area contributed by atoms with Gasteiger partial charge < -0.3 is 20.3 Å². The maximum absolute atomic E-state index is 13.3. The zero-order valence-electron chi connectivity index (χ0n) is 44.7. The van der Waals surface area contributed by atoms with Gasteiger partial charge in [0.1, 0.15) is 6.10 Å². The van der Waals surface area contributed by atoms with Crippen LogP contribution in [0.5, 0.6) is 0 Å². The fraction of sp³-hybridized carbons (Fsp3) is 0.742. The van der Waals surface area contributed by atoms with Crippen molar-refractivity contribution in [3.05, 3.63) is 85.1 Å². The largest absolute Gasteiger partial charge is 0.462 e. The van der Waals surface area contributed by atoms with Gasteiger partial charge in [-0.05, 0) is 96.3 Å². The fourth-order valence-corrected chi connectivity index (χ4v) is 8.39. The van der Waals surface area contributed by atoms with Crippen LogP contribution in [0.25, 0.3) is 0 Å². The lowest BCUT2D eigenvalue weighted by atomic mass is 10.0. The molecular weight excluding hydrogens is 839 g/mol. The second kappa shape index (κ2) is 55.0. The second-order valence-corrected chi connectivity index (χ2v) is 19.3. The highest BCUT2D eigenvalue weighted by atomic mass is 16.5. The molecule has 0 aromatic carbocycles. The minimum Gasteiger partial charge on any atom is -0.462 e. The number of ether oxygens (including phenoxy) is 1. The van der Waals surface area contributed by atoms with Crippen molar-refractivity contribution in [2.45, 2.75) is 289 Å². The number of carbonyl (C=O) groups excluding carboxylic acids is 2. The lowest BCUT2D eigenvalue weighted by Crippen LogP contribution is -2.46. The van der Waals surface area contributed by atoms with Crippen molar-refractivity contribution >= 4 is 11.9 Å². The Morgan fingerprint density at radius 3 is 1.32 bits per heavy atom. The van der Waals surface area contributed by atoms with Gasteiger partial charge in [0, 0.05) is 6.42 Å². The van der Waals surface area contributed by atoms with Gasteiger partial charge in [-0.1, -0.05) is 247 Å². The summed E-state index contributed by atoms with van der Waals surface area (Å²) in [4.78, 5) is 26.3. The molecule has 0 aliphatic heterocycles. The summed E-state index contributed by atoms with van der Waals surface area (Å²) >= 11 is 0. The lowest BCUT2D eigenvalue weighted by molar-refractivity contribution is -0.151. The van der Waals surface area contributed by atoms with Gasteiger partial charge in [0.2, 0.25) is 5.91 Å². The summed E-state index contributed by atoms with van der Waals surface area (Å²) in [7, 11) is 0. The molecule has 392 valence electrons. The predicted octanol–water partition coefficient (Wildman–Crippen LogP) is 17.9. The average Bonchev–Trinajstić information content (AvgIpc) is 3.33. The van der Waals surface area contributed by atoms with Gasteiger partial charge in [-0.25, -0.2) is 0 Å². The molecule has 0 spiro atoms. The molecular formula is C62H109NO5. The monoisotopic (exact) mass is 948 g/mol. The van der Waals surface area contributed by atoms with E-state index in [1.54, 1.807) is 0 Å². The number of aliphatic hydroxyl groups is 2.